The van der Waals surface area contributed by atoms with Crippen LogP contribution in [-0.2, 0) is 6.42 Å². The van der Waals surface area contributed by atoms with Crippen molar-refractivity contribution < 1.29 is 14.3 Å². The number of nitrogens with zero attached hydrogens (tertiary/aromatic N) is 3. The number of carbonyl (C=O) groups excluding carboxylic acids is 1. The van der Waals surface area contributed by atoms with E-state index in [0.717, 1.165) is 44.8 Å². The van der Waals surface area contributed by atoms with Crippen LogP contribution in [0.3, 0.4) is 0 Å². The summed E-state index contributed by atoms with van der Waals surface area (Å²) in [4.78, 5) is 21.3. The average Bonchev–Trinajstić information content (AvgIpc) is 2.77. The quantitative estimate of drug-likeness (QED) is 0.685. The zero-order chi connectivity index (χ0) is 20.6. The molecule has 3 rings (SSSR count). The number of amides is 1. The van der Waals surface area contributed by atoms with Crippen LogP contribution in [0.15, 0.2) is 42.6 Å². The number of pyridine rings is 1. The summed E-state index contributed by atoms with van der Waals surface area (Å²) in [7, 11) is 5.10. The van der Waals surface area contributed by atoms with E-state index in [9.17, 15) is 4.79 Å². The van der Waals surface area contributed by atoms with Gasteiger partial charge in [-0.25, -0.2) is 4.98 Å². The third kappa shape index (κ3) is 5.70. The standard InChI is InChI=1S/C23H31N3O3/c1-25(23(27)21-7-4-13-24-22(21)29-3)16-19-6-5-14-26(17-19)15-12-18-8-10-20(28-2)11-9-18/h4,7-11,13,19H,5-6,12,14-17H2,1-3H3/t19-/m1/s1. The van der Waals surface area contributed by atoms with Crippen molar-refractivity contribution in [2.24, 2.45) is 5.92 Å². The Morgan fingerprint density at radius 3 is 2.72 bits per heavy atom. The molecule has 1 aliphatic rings. The summed E-state index contributed by atoms with van der Waals surface area (Å²) >= 11 is 0. The molecule has 29 heavy (non-hydrogen) atoms. The minimum absolute atomic E-state index is 0.0368. The van der Waals surface area contributed by atoms with Gasteiger partial charge in [-0.1, -0.05) is 12.1 Å². The number of likely N-dealkylation sites (tertiary alicyclic amines) is 1. The maximum atomic E-state index is 12.8. The van der Waals surface area contributed by atoms with Crippen molar-refractivity contribution in [3.8, 4) is 11.6 Å². The Labute approximate surface area is 173 Å². The average molecular weight is 398 g/mol. The number of hydrogen-bond acceptors (Lipinski definition) is 5. The molecule has 1 aliphatic heterocycles. The van der Waals surface area contributed by atoms with Crippen LogP contribution < -0.4 is 9.47 Å². The van der Waals surface area contributed by atoms with Crippen LogP contribution in [0.5, 0.6) is 11.6 Å². The fourth-order valence-electron chi connectivity index (χ4n) is 3.97. The molecule has 0 saturated carbocycles. The molecule has 0 unspecified atom stereocenters. The van der Waals surface area contributed by atoms with Gasteiger partial charge in [-0.2, -0.15) is 0 Å². The van der Waals surface area contributed by atoms with E-state index in [1.165, 1.54) is 12.0 Å². The lowest BCUT2D eigenvalue weighted by molar-refractivity contribution is 0.0726. The first-order valence-corrected chi connectivity index (χ1v) is 10.2. The molecule has 2 heterocycles. The summed E-state index contributed by atoms with van der Waals surface area (Å²) in [5.74, 6) is 1.72. The summed E-state index contributed by atoms with van der Waals surface area (Å²) in [5.41, 5.74) is 1.84. The summed E-state index contributed by atoms with van der Waals surface area (Å²) in [6.07, 6.45) is 4.99. The first-order chi connectivity index (χ1) is 14.1. The highest BCUT2D eigenvalue weighted by Gasteiger charge is 2.24. The van der Waals surface area contributed by atoms with Gasteiger partial charge in [-0.05, 0) is 61.6 Å². The largest absolute Gasteiger partial charge is 0.497 e. The van der Waals surface area contributed by atoms with Gasteiger partial charge in [-0.3, -0.25) is 4.79 Å². The molecule has 1 aromatic heterocycles. The Morgan fingerprint density at radius 1 is 1.21 bits per heavy atom. The van der Waals surface area contributed by atoms with E-state index in [-0.39, 0.29) is 5.91 Å². The lowest BCUT2D eigenvalue weighted by Crippen LogP contribution is -2.42. The van der Waals surface area contributed by atoms with Crippen molar-refractivity contribution >= 4 is 5.91 Å². The molecule has 0 bridgehead atoms. The van der Waals surface area contributed by atoms with E-state index < -0.39 is 0 Å². The Hall–Kier alpha value is -2.60. The fraction of sp³-hybridized carbons (Fsp3) is 0.478. The third-order valence-electron chi connectivity index (χ3n) is 5.55. The van der Waals surface area contributed by atoms with Gasteiger partial charge in [0.05, 0.1) is 14.2 Å². The second-order valence-electron chi connectivity index (χ2n) is 7.65. The SMILES string of the molecule is COc1ccc(CCN2CCC[C@H](CN(C)C(=O)c3cccnc3OC)C2)cc1. The minimum atomic E-state index is -0.0368. The molecule has 6 nitrogen and oxygen atoms in total. The number of methoxy groups -OCH3 is 2. The number of hydrogen-bond donors (Lipinski definition) is 0. The van der Waals surface area contributed by atoms with Crippen molar-refractivity contribution in [1.29, 1.82) is 0 Å². The highest BCUT2D eigenvalue weighted by atomic mass is 16.5. The van der Waals surface area contributed by atoms with Crippen molar-refractivity contribution in [3.63, 3.8) is 0 Å². The Balaban J connectivity index is 1.51. The van der Waals surface area contributed by atoms with E-state index in [2.05, 4.69) is 22.0 Å². The molecule has 6 heteroatoms. The number of piperidine rings is 1. The first kappa shape index (κ1) is 21.1. The van der Waals surface area contributed by atoms with E-state index in [0.29, 0.717) is 17.4 Å². The second-order valence-corrected chi connectivity index (χ2v) is 7.65. The van der Waals surface area contributed by atoms with Gasteiger partial charge in [0.15, 0.2) is 0 Å². The lowest BCUT2D eigenvalue weighted by atomic mass is 9.97. The highest BCUT2D eigenvalue weighted by molar-refractivity contribution is 5.96. The molecule has 1 fully saturated rings. The van der Waals surface area contributed by atoms with Crippen LogP contribution >= 0.6 is 0 Å². The highest BCUT2D eigenvalue weighted by Crippen LogP contribution is 2.21. The molecular weight excluding hydrogens is 366 g/mol. The van der Waals surface area contributed by atoms with Crippen LogP contribution in [0.4, 0.5) is 0 Å². The normalized spacial score (nSPS) is 17.0. The van der Waals surface area contributed by atoms with Crippen LogP contribution in [0.25, 0.3) is 0 Å². The topological polar surface area (TPSA) is 54.9 Å². The smallest absolute Gasteiger partial charge is 0.259 e. The molecule has 1 saturated heterocycles. The predicted octanol–water partition coefficient (Wildman–Crippen LogP) is 3.13. The Bertz CT molecular complexity index is 794. The minimum Gasteiger partial charge on any atom is -0.497 e. The lowest BCUT2D eigenvalue weighted by Gasteiger charge is -2.34. The molecule has 1 atom stereocenters. The maximum Gasteiger partial charge on any atom is 0.259 e. The summed E-state index contributed by atoms with van der Waals surface area (Å²) in [6, 6.07) is 11.8. The summed E-state index contributed by atoms with van der Waals surface area (Å²) in [6.45, 7) is 3.94. The molecule has 2 aromatic rings. The van der Waals surface area contributed by atoms with Crippen LogP contribution in [-0.4, -0.2) is 68.1 Å². The van der Waals surface area contributed by atoms with Gasteiger partial charge in [0.2, 0.25) is 5.88 Å². The summed E-state index contributed by atoms with van der Waals surface area (Å²) < 4.78 is 10.5. The van der Waals surface area contributed by atoms with Gasteiger partial charge in [-0.15, -0.1) is 0 Å². The van der Waals surface area contributed by atoms with Crippen molar-refractivity contribution in [1.82, 2.24) is 14.8 Å². The van der Waals surface area contributed by atoms with Gasteiger partial charge in [0.1, 0.15) is 11.3 Å². The van der Waals surface area contributed by atoms with E-state index in [4.69, 9.17) is 9.47 Å². The van der Waals surface area contributed by atoms with Crippen LogP contribution in [0.1, 0.15) is 28.8 Å². The number of rotatable bonds is 8. The zero-order valence-corrected chi connectivity index (χ0v) is 17.6. The van der Waals surface area contributed by atoms with Crippen LogP contribution in [0, 0.1) is 5.92 Å². The van der Waals surface area contributed by atoms with Crippen molar-refractivity contribution in [3.05, 3.63) is 53.7 Å². The predicted molar refractivity (Wildman–Crippen MR) is 114 cm³/mol. The van der Waals surface area contributed by atoms with Crippen molar-refractivity contribution in [2.75, 3.05) is 47.4 Å². The maximum absolute atomic E-state index is 12.8. The Kier molecular flexibility index (Phi) is 7.47. The van der Waals surface area contributed by atoms with Crippen molar-refractivity contribution in [2.45, 2.75) is 19.3 Å². The monoisotopic (exact) mass is 397 g/mol. The number of carbonyl (C=O) groups is 1. The third-order valence-corrected chi connectivity index (χ3v) is 5.55. The van der Waals surface area contributed by atoms with Gasteiger partial charge < -0.3 is 19.3 Å². The fourth-order valence-corrected chi connectivity index (χ4v) is 3.97. The molecular formula is C23H31N3O3. The number of aromatic nitrogens is 1. The van der Waals surface area contributed by atoms with Gasteiger partial charge >= 0.3 is 0 Å². The molecule has 0 N–H and O–H groups in total. The van der Waals surface area contributed by atoms with Crippen LogP contribution in [0.2, 0.25) is 0 Å². The van der Waals surface area contributed by atoms with Gasteiger partial charge in [0, 0.05) is 32.9 Å². The number of benzene rings is 1. The first-order valence-electron chi connectivity index (χ1n) is 10.2. The van der Waals surface area contributed by atoms with E-state index in [1.54, 1.807) is 37.4 Å². The summed E-state index contributed by atoms with van der Waals surface area (Å²) in [5, 5.41) is 0. The Morgan fingerprint density at radius 2 is 2.00 bits per heavy atom. The molecule has 0 spiro atoms. The van der Waals surface area contributed by atoms with E-state index >= 15 is 0 Å². The molecule has 1 amide bonds. The molecule has 0 aliphatic carbocycles. The second kappa shape index (κ2) is 10.3. The molecule has 156 valence electrons. The van der Waals surface area contributed by atoms with Gasteiger partial charge in [0.25, 0.3) is 5.91 Å². The zero-order valence-electron chi connectivity index (χ0n) is 17.6. The number of ether oxygens (including phenoxy) is 2. The molecule has 0 radical (unpaired) electrons. The molecule has 1 aromatic carbocycles. The van der Waals surface area contributed by atoms with E-state index in [1.807, 2.05) is 19.2 Å².